The number of alkyl carbamates (subject to hydrolysis) is 1. The van der Waals surface area contributed by atoms with Gasteiger partial charge in [0.25, 0.3) is 0 Å². The summed E-state index contributed by atoms with van der Waals surface area (Å²) in [6, 6.07) is 7.85. The highest BCUT2D eigenvalue weighted by Crippen LogP contribution is 2.49. The molecule has 0 spiro atoms. The number of piperidine rings is 1. The van der Waals surface area contributed by atoms with Crippen LogP contribution < -0.4 is 5.32 Å². The fraction of sp³-hybridized carbons (Fsp3) is 0.600. The first kappa shape index (κ1) is 19.0. The van der Waals surface area contributed by atoms with Gasteiger partial charge >= 0.3 is 6.09 Å². The Balaban J connectivity index is 1.45. The average Bonchev–Trinajstić information content (AvgIpc) is 3.34. The van der Waals surface area contributed by atoms with Gasteiger partial charge in [-0.15, -0.1) is 0 Å². The predicted octanol–water partition coefficient (Wildman–Crippen LogP) is 3.96. The van der Waals surface area contributed by atoms with Gasteiger partial charge in [0.1, 0.15) is 5.60 Å². The van der Waals surface area contributed by atoms with Gasteiger partial charge in [0.05, 0.1) is 0 Å². The molecule has 2 aliphatic rings. The van der Waals surface area contributed by atoms with Crippen molar-refractivity contribution in [3.8, 4) is 0 Å². The number of carbonyl (C=O) groups excluding carboxylic acids is 2. The molecule has 1 saturated carbocycles. The number of amides is 2. The van der Waals surface area contributed by atoms with Crippen molar-refractivity contribution in [2.24, 2.45) is 5.92 Å². The minimum absolute atomic E-state index is 0.0665. The van der Waals surface area contributed by atoms with Crippen LogP contribution in [-0.2, 0) is 9.53 Å². The van der Waals surface area contributed by atoms with E-state index in [-0.39, 0.29) is 24.0 Å². The highest BCUT2D eigenvalue weighted by molar-refractivity contribution is 6.30. The topological polar surface area (TPSA) is 58.6 Å². The minimum atomic E-state index is -0.498. The van der Waals surface area contributed by atoms with Crippen LogP contribution in [0.2, 0.25) is 5.02 Å². The van der Waals surface area contributed by atoms with E-state index in [9.17, 15) is 9.59 Å². The molecular weight excluding hydrogens is 352 g/mol. The second-order valence-corrected chi connectivity index (χ2v) is 8.69. The SMILES string of the molecule is CC(C)(C)OC(=O)NC1CCN(C(=O)[C@H]2C[C@H]2c2cccc(Cl)c2)CC1. The van der Waals surface area contributed by atoms with Gasteiger partial charge < -0.3 is 15.0 Å². The van der Waals surface area contributed by atoms with Gasteiger partial charge in [0, 0.05) is 30.1 Å². The average molecular weight is 379 g/mol. The van der Waals surface area contributed by atoms with Gasteiger partial charge in [-0.1, -0.05) is 23.7 Å². The Labute approximate surface area is 160 Å². The fourth-order valence-corrected chi connectivity index (χ4v) is 3.73. The number of hydrogen-bond acceptors (Lipinski definition) is 3. The number of likely N-dealkylation sites (tertiary alicyclic amines) is 1. The summed E-state index contributed by atoms with van der Waals surface area (Å²) in [4.78, 5) is 26.5. The third-order valence-electron chi connectivity index (χ3n) is 4.91. The van der Waals surface area contributed by atoms with Crippen molar-refractivity contribution in [1.82, 2.24) is 10.2 Å². The minimum Gasteiger partial charge on any atom is -0.444 e. The molecule has 1 aromatic rings. The van der Waals surface area contributed by atoms with Gasteiger partial charge in [0.2, 0.25) is 5.91 Å². The van der Waals surface area contributed by atoms with E-state index in [0.717, 1.165) is 29.8 Å². The van der Waals surface area contributed by atoms with Crippen molar-refractivity contribution in [3.63, 3.8) is 0 Å². The lowest BCUT2D eigenvalue weighted by molar-refractivity contribution is -0.133. The Morgan fingerprint density at radius 3 is 2.54 bits per heavy atom. The summed E-state index contributed by atoms with van der Waals surface area (Å²) in [5.41, 5.74) is 0.652. The van der Waals surface area contributed by atoms with Crippen LogP contribution >= 0.6 is 11.6 Å². The van der Waals surface area contributed by atoms with E-state index >= 15 is 0 Å². The summed E-state index contributed by atoms with van der Waals surface area (Å²) in [5, 5.41) is 3.62. The molecule has 26 heavy (non-hydrogen) atoms. The lowest BCUT2D eigenvalue weighted by Gasteiger charge is -2.33. The second kappa shape index (κ2) is 7.47. The summed E-state index contributed by atoms with van der Waals surface area (Å²) in [6.07, 6.45) is 2.04. The third-order valence-corrected chi connectivity index (χ3v) is 5.15. The number of ether oxygens (including phenoxy) is 1. The first-order chi connectivity index (χ1) is 12.2. The zero-order valence-electron chi connectivity index (χ0n) is 15.6. The summed E-state index contributed by atoms with van der Waals surface area (Å²) in [5.74, 6) is 0.591. The molecule has 0 unspecified atom stereocenters. The largest absolute Gasteiger partial charge is 0.444 e. The van der Waals surface area contributed by atoms with E-state index in [0.29, 0.717) is 19.0 Å². The number of nitrogens with zero attached hydrogens (tertiary/aromatic N) is 1. The molecular formula is C20H27ClN2O3. The maximum absolute atomic E-state index is 12.7. The van der Waals surface area contributed by atoms with Crippen LogP contribution in [-0.4, -0.2) is 41.6 Å². The molecule has 1 aromatic carbocycles. The van der Waals surface area contributed by atoms with Gasteiger partial charge in [-0.2, -0.15) is 0 Å². The summed E-state index contributed by atoms with van der Waals surface area (Å²) in [7, 11) is 0. The number of rotatable bonds is 3. The number of hydrogen-bond donors (Lipinski definition) is 1. The first-order valence-electron chi connectivity index (χ1n) is 9.27. The summed E-state index contributed by atoms with van der Waals surface area (Å²) < 4.78 is 5.29. The van der Waals surface area contributed by atoms with Crippen LogP contribution in [0.1, 0.15) is 51.5 Å². The molecule has 2 atom stereocenters. The van der Waals surface area contributed by atoms with Crippen LogP contribution in [0, 0.1) is 5.92 Å². The van der Waals surface area contributed by atoms with Crippen molar-refractivity contribution < 1.29 is 14.3 Å². The van der Waals surface area contributed by atoms with Crippen LogP contribution in [0.25, 0.3) is 0 Å². The van der Waals surface area contributed by atoms with Gasteiger partial charge in [-0.3, -0.25) is 4.79 Å². The highest BCUT2D eigenvalue weighted by atomic mass is 35.5. The van der Waals surface area contributed by atoms with Gasteiger partial charge in [0.15, 0.2) is 0 Å². The molecule has 2 amide bonds. The molecule has 1 aliphatic carbocycles. The van der Waals surface area contributed by atoms with Gasteiger partial charge in [-0.05, 0) is 63.6 Å². The smallest absolute Gasteiger partial charge is 0.407 e. The van der Waals surface area contributed by atoms with E-state index in [4.69, 9.17) is 16.3 Å². The summed E-state index contributed by atoms with van der Waals surface area (Å²) >= 11 is 6.05. The number of carbonyl (C=O) groups is 2. The third kappa shape index (κ3) is 4.91. The molecule has 2 fully saturated rings. The molecule has 5 nitrogen and oxygen atoms in total. The van der Waals surface area contributed by atoms with Crippen molar-refractivity contribution in [2.75, 3.05) is 13.1 Å². The van der Waals surface area contributed by atoms with E-state index in [2.05, 4.69) is 5.32 Å². The van der Waals surface area contributed by atoms with Gasteiger partial charge in [-0.25, -0.2) is 4.79 Å². The van der Waals surface area contributed by atoms with Crippen LogP contribution in [0.3, 0.4) is 0 Å². The molecule has 0 radical (unpaired) electrons. The van der Waals surface area contributed by atoms with E-state index < -0.39 is 5.60 Å². The normalized spacial score (nSPS) is 23.5. The van der Waals surface area contributed by atoms with Crippen molar-refractivity contribution in [3.05, 3.63) is 34.9 Å². The zero-order chi connectivity index (χ0) is 18.9. The fourth-order valence-electron chi connectivity index (χ4n) is 3.53. The lowest BCUT2D eigenvalue weighted by Crippen LogP contribution is -2.48. The molecule has 0 aromatic heterocycles. The quantitative estimate of drug-likeness (QED) is 0.866. The lowest BCUT2D eigenvalue weighted by atomic mass is 10.0. The molecule has 0 bridgehead atoms. The van der Waals surface area contributed by atoms with Crippen molar-refractivity contribution in [2.45, 2.75) is 57.6 Å². The molecule has 3 rings (SSSR count). The Morgan fingerprint density at radius 2 is 1.92 bits per heavy atom. The second-order valence-electron chi connectivity index (χ2n) is 8.25. The molecule has 1 N–H and O–H groups in total. The Morgan fingerprint density at radius 1 is 1.23 bits per heavy atom. The predicted molar refractivity (Wildman–Crippen MR) is 101 cm³/mol. The van der Waals surface area contributed by atoms with E-state index in [1.165, 1.54) is 0 Å². The Kier molecular flexibility index (Phi) is 5.47. The van der Waals surface area contributed by atoms with Crippen LogP contribution in [0.4, 0.5) is 4.79 Å². The molecule has 6 heteroatoms. The molecule has 1 saturated heterocycles. The number of halogens is 1. The monoisotopic (exact) mass is 378 g/mol. The maximum atomic E-state index is 12.7. The number of nitrogens with one attached hydrogen (secondary N) is 1. The highest BCUT2D eigenvalue weighted by Gasteiger charge is 2.46. The van der Waals surface area contributed by atoms with E-state index in [1.807, 2.05) is 49.9 Å². The van der Waals surface area contributed by atoms with E-state index in [1.54, 1.807) is 0 Å². The molecule has 1 heterocycles. The Bertz CT molecular complexity index is 678. The van der Waals surface area contributed by atoms with Crippen molar-refractivity contribution in [1.29, 1.82) is 0 Å². The summed E-state index contributed by atoms with van der Waals surface area (Å²) in [6.45, 7) is 6.90. The standard InChI is InChI=1S/C20H27ClN2O3/c1-20(2,3)26-19(25)22-15-7-9-23(10-8-15)18(24)17-12-16(17)13-5-4-6-14(21)11-13/h4-6,11,15-17H,7-10,12H2,1-3H3,(H,22,25)/t16-,17-/m0/s1. The number of benzene rings is 1. The van der Waals surface area contributed by atoms with Crippen LogP contribution in [0.5, 0.6) is 0 Å². The van der Waals surface area contributed by atoms with Crippen LogP contribution in [0.15, 0.2) is 24.3 Å². The molecule has 1 aliphatic heterocycles. The Hall–Kier alpha value is -1.75. The maximum Gasteiger partial charge on any atom is 0.407 e. The zero-order valence-corrected chi connectivity index (χ0v) is 16.4. The first-order valence-corrected chi connectivity index (χ1v) is 9.64. The van der Waals surface area contributed by atoms with Crippen molar-refractivity contribution >= 4 is 23.6 Å². The molecule has 142 valence electrons.